The topological polar surface area (TPSA) is 43.8 Å². The largest absolute Gasteiger partial charge is 0.348 e. The molecule has 19 heavy (non-hydrogen) atoms. The standard InChI is InChI=1S/C15H18BrN3/c16-12-5-6-13(18-7-12)9-19-8-11-3-1-2-4-15(17)14(11)10-19/h5-8,10,15H,1-4,9,17H2. The number of fused-ring (bicyclic) bond motifs is 1. The van der Waals surface area contributed by atoms with Crippen molar-refractivity contribution in [3.63, 3.8) is 0 Å². The van der Waals surface area contributed by atoms with Crippen LogP contribution in [0.2, 0.25) is 0 Å². The molecule has 1 atom stereocenters. The van der Waals surface area contributed by atoms with Crippen LogP contribution in [0.1, 0.15) is 42.1 Å². The van der Waals surface area contributed by atoms with Gasteiger partial charge in [0.25, 0.3) is 0 Å². The summed E-state index contributed by atoms with van der Waals surface area (Å²) in [7, 11) is 0. The van der Waals surface area contributed by atoms with Crippen LogP contribution in [0.4, 0.5) is 0 Å². The zero-order chi connectivity index (χ0) is 13.2. The first-order valence-corrected chi connectivity index (χ1v) is 7.56. The van der Waals surface area contributed by atoms with Gasteiger partial charge in [0.1, 0.15) is 0 Å². The molecule has 0 amide bonds. The van der Waals surface area contributed by atoms with Crippen LogP contribution in [-0.4, -0.2) is 9.55 Å². The zero-order valence-corrected chi connectivity index (χ0v) is 12.4. The molecule has 0 bridgehead atoms. The van der Waals surface area contributed by atoms with Crippen LogP contribution < -0.4 is 5.73 Å². The minimum atomic E-state index is 0.205. The Labute approximate surface area is 122 Å². The SMILES string of the molecule is NC1CCCCc2cn(Cc3ccc(Br)cn3)cc21. The Balaban J connectivity index is 1.82. The number of pyridine rings is 1. The molecule has 1 unspecified atom stereocenters. The summed E-state index contributed by atoms with van der Waals surface area (Å²) in [5.74, 6) is 0. The summed E-state index contributed by atoms with van der Waals surface area (Å²) in [6.45, 7) is 0.812. The minimum Gasteiger partial charge on any atom is -0.348 e. The Morgan fingerprint density at radius 1 is 1.32 bits per heavy atom. The molecule has 0 saturated heterocycles. The number of nitrogens with zero attached hydrogens (tertiary/aromatic N) is 2. The molecular weight excluding hydrogens is 302 g/mol. The molecule has 3 rings (SSSR count). The van der Waals surface area contributed by atoms with E-state index in [1.54, 1.807) is 0 Å². The lowest BCUT2D eigenvalue weighted by Crippen LogP contribution is -2.09. The van der Waals surface area contributed by atoms with E-state index in [-0.39, 0.29) is 6.04 Å². The van der Waals surface area contributed by atoms with Gasteiger partial charge in [-0.3, -0.25) is 4.98 Å². The highest BCUT2D eigenvalue weighted by atomic mass is 79.9. The number of hydrogen-bond donors (Lipinski definition) is 1. The molecule has 2 N–H and O–H groups in total. The maximum atomic E-state index is 6.24. The zero-order valence-electron chi connectivity index (χ0n) is 10.8. The van der Waals surface area contributed by atoms with Crippen molar-refractivity contribution < 1.29 is 0 Å². The Morgan fingerprint density at radius 2 is 2.21 bits per heavy atom. The molecular formula is C15H18BrN3. The highest BCUT2D eigenvalue weighted by Gasteiger charge is 2.17. The maximum Gasteiger partial charge on any atom is 0.0642 e. The number of nitrogens with two attached hydrogens (primary N) is 1. The Kier molecular flexibility index (Phi) is 3.71. The minimum absolute atomic E-state index is 0.205. The van der Waals surface area contributed by atoms with Crippen molar-refractivity contribution in [3.05, 3.63) is 52.0 Å². The van der Waals surface area contributed by atoms with E-state index < -0.39 is 0 Å². The van der Waals surface area contributed by atoms with E-state index >= 15 is 0 Å². The van der Waals surface area contributed by atoms with Crippen LogP contribution in [0.5, 0.6) is 0 Å². The summed E-state index contributed by atoms with van der Waals surface area (Å²) in [6.07, 6.45) is 11.0. The summed E-state index contributed by atoms with van der Waals surface area (Å²) in [5, 5.41) is 0. The summed E-state index contributed by atoms with van der Waals surface area (Å²) in [4.78, 5) is 4.42. The van der Waals surface area contributed by atoms with Gasteiger partial charge in [-0.1, -0.05) is 6.42 Å². The van der Waals surface area contributed by atoms with Gasteiger partial charge in [-0.25, -0.2) is 0 Å². The van der Waals surface area contributed by atoms with Gasteiger partial charge in [0.15, 0.2) is 0 Å². The van der Waals surface area contributed by atoms with Crippen LogP contribution >= 0.6 is 15.9 Å². The molecule has 1 aliphatic rings. The normalized spacial score (nSPS) is 18.9. The van der Waals surface area contributed by atoms with E-state index in [0.29, 0.717) is 0 Å². The van der Waals surface area contributed by atoms with Gasteiger partial charge < -0.3 is 10.3 Å². The first-order valence-electron chi connectivity index (χ1n) is 6.77. The number of hydrogen-bond acceptors (Lipinski definition) is 2. The second kappa shape index (κ2) is 5.47. The summed E-state index contributed by atoms with van der Waals surface area (Å²) < 4.78 is 3.23. The van der Waals surface area contributed by atoms with Crippen molar-refractivity contribution >= 4 is 15.9 Å². The van der Waals surface area contributed by atoms with Crippen molar-refractivity contribution in [2.75, 3.05) is 0 Å². The quantitative estimate of drug-likeness (QED) is 0.862. The van der Waals surface area contributed by atoms with Crippen molar-refractivity contribution in [2.45, 2.75) is 38.3 Å². The van der Waals surface area contributed by atoms with Crippen molar-refractivity contribution in [1.29, 1.82) is 0 Å². The van der Waals surface area contributed by atoms with Crippen LogP contribution in [0.15, 0.2) is 35.2 Å². The fourth-order valence-corrected chi connectivity index (χ4v) is 2.96. The molecule has 0 aliphatic heterocycles. The molecule has 0 radical (unpaired) electrons. The lowest BCUT2D eigenvalue weighted by molar-refractivity contribution is 0.609. The summed E-state index contributed by atoms with van der Waals surface area (Å²) in [6, 6.07) is 4.29. The molecule has 2 heterocycles. The van der Waals surface area contributed by atoms with E-state index in [0.717, 1.165) is 29.6 Å². The van der Waals surface area contributed by atoms with Gasteiger partial charge in [-0.2, -0.15) is 0 Å². The second-order valence-corrected chi connectivity index (χ2v) is 6.15. The molecule has 100 valence electrons. The lowest BCUT2D eigenvalue weighted by atomic mass is 10.1. The number of aryl methyl sites for hydroxylation is 1. The Bertz CT molecular complexity index is 559. The van der Waals surface area contributed by atoms with Gasteiger partial charge in [0, 0.05) is 29.1 Å². The molecule has 2 aromatic heterocycles. The fourth-order valence-electron chi connectivity index (χ4n) is 2.73. The first-order chi connectivity index (χ1) is 9.22. The summed E-state index contributed by atoms with van der Waals surface area (Å²) >= 11 is 3.41. The molecule has 3 nitrogen and oxygen atoms in total. The average molecular weight is 320 g/mol. The first kappa shape index (κ1) is 12.9. The van der Waals surface area contributed by atoms with E-state index in [4.69, 9.17) is 5.73 Å². The monoisotopic (exact) mass is 319 g/mol. The third kappa shape index (κ3) is 2.90. The summed E-state index contributed by atoms with van der Waals surface area (Å²) in [5.41, 5.74) is 10.1. The molecule has 0 spiro atoms. The highest BCUT2D eigenvalue weighted by Crippen LogP contribution is 2.27. The van der Waals surface area contributed by atoms with E-state index in [1.807, 2.05) is 12.3 Å². The molecule has 4 heteroatoms. The lowest BCUT2D eigenvalue weighted by Gasteiger charge is -2.07. The predicted molar refractivity (Wildman–Crippen MR) is 80.0 cm³/mol. The second-order valence-electron chi connectivity index (χ2n) is 5.23. The predicted octanol–water partition coefficient (Wildman–Crippen LogP) is 3.42. The van der Waals surface area contributed by atoms with Crippen molar-refractivity contribution in [3.8, 4) is 0 Å². The average Bonchev–Trinajstić information content (AvgIpc) is 2.72. The third-order valence-electron chi connectivity index (χ3n) is 3.74. The molecule has 1 aliphatic carbocycles. The molecule has 2 aromatic rings. The van der Waals surface area contributed by atoms with Crippen molar-refractivity contribution in [2.24, 2.45) is 5.73 Å². The maximum absolute atomic E-state index is 6.24. The number of rotatable bonds is 2. The molecule has 0 fully saturated rings. The number of aromatic nitrogens is 2. The van der Waals surface area contributed by atoms with Gasteiger partial charge in [-0.15, -0.1) is 0 Å². The van der Waals surface area contributed by atoms with Gasteiger partial charge in [-0.05, 0) is 58.5 Å². The van der Waals surface area contributed by atoms with Crippen LogP contribution in [0.25, 0.3) is 0 Å². The number of halogens is 1. The van der Waals surface area contributed by atoms with Gasteiger partial charge in [0.05, 0.1) is 12.2 Å². The highest BCUT2D eigenvalue weighted by molar-refractivity contribution is 9.10. The van der Waals surface area contributed by atoms with E-state index in [9.17, 15) is 0 Å². The van der Waals surface area contributed by atoms with Crippen molar-refractivity contribution in [1.82, 2.24) is 9.55 Å². The smallest absolute Gasteiger partial charge is 0.0642 e. The van der Waals surface area contributed by atoms with E-state index in [1.165, 1.54) is 24.0 Å². The van der Waals surface area contributed by atoms with Gasteiger partial charge >= 0.3 is 0 Å². The Morgan fingerprint density at radius 3 is 3.00 bits per heavy atom. The fraction of sp³-hybridized carbons (Fsp3) is 0.400. The molecule has 0 aromatic carbocycles. The van der Waals surface area contributed by atoms with Crippen LogP contribution in [0, 0.1) is 0 Å². The molecule has 0 saturated carbocycles. The Hall–Kier alpha value is -1.13. The van der Waals surface area contributed by atoms with Gasteiger partial charge in [0.2, 0.25) is 0 Å². The van der Waals surface area contributed by atoms with E-state index in [2.05, 4.69) is 43.9 Å². The van der Waals surface area contributed by atoms with Crippen LogP contribution in [-0.2, 0) is 13.0 Å². The van der Waals surface area contributed by atoms with Crippen LogP contribution in [0.3, 0.4) is 0 Å². The third-order valence-corrected chi connectivity index (χ3v) is 4.21.